The molecule has 3 heterocycles. The Morgan fingerprint density at radius 1 is 1.25 bits per heavy atom. The summed E-state index contributed by atoms with van der Waals surface area (Å²) < 4.78 is 58.7. The Kier molecular flexibility index (Phi) is 8.03. The zero-order valence-corrected chi connectivity index (χ0v) is 20.9. The van der Waals surface area contributed by atoms with E-state index in [9.17, 15) is 22.8 Å². The van der Waals surface area contributed by atoms with Gasteiger partial charge in [-0.05, 0) is 44.6 Å². The minimum absolute atomic E-state index is 0.0480. The van der Waals surface area contributed by atoms with Crippen LogP contribution in [0.15, 0.2) is 23.0 Å². The van der Waals surface area contributed by atoms with Crippen molar-refractivity contribution in [1.82, 2.24) is 19.8 Å². The molecule has 2 aromatic heterocycles. The number of nitrogens with one attached hydrogen (secondary N) is 1. The summed E-state index contributed by atoms with van der Waals surface area (Å²) in [6, 6.07) is 4.39. The second kappa shape index (κ2) is 10.9. The molecular formula is C24H30F4N4O3S. The van der Waals surface area contributed by atoms with Crippen molar-refractivity contribution in [3.63, 3.8) is 0 Å². The van der Waals surface area contributed by atoms with Gasteiger partial charge in [0.2, 0.25) is 0 Å². The molecule has 1 aliphatic heterocycles. The summed E-state index contributed by atoms with van der Waals surface area (Å²) in [7, 11) is 1.55. The molecule has 2 aliphatic rings. The predicted molar refractivity (Wildman–Crippen MR) is 127 cm³/mol. The van der Waals surface area contributed by atoms with Gasteiger partial charge in [-0.3, -0.25) is 9.59 Å². The highest BCUT2D eigenvalue weighted by atomic mass is 32.1. The maximum Gasteiger partial charge on any atom is 0.422 e. The van der Waals surface area contributed by atoms with Gasteiger partial charge in [0.05, 0.1) is 5.69 Å². The van der Waals surface area contributed by atoms with Crippen LogP contribution in [0.25, 0.3) is 0 Å². The van der Waals surface area contributed by atoms with Gasteiger partial charge in [0.25, 0.3) is 16.7 Å². The predicted octanol–water partition coefficient (Wildman–Crippen LogP) is 3.65. The zero-order valence-electron chi connectivity index (χ0n) is 20.1. The molecular weight excluding hydrogens is 500 g/mol. The molecule has 0 aromatic carbocycles. The Bertz CT molecular complexity index is 1100. The van der Waals surface area contributed by atoms with Crippen LogP contribution in [0.5, 0.6) is 5.19 Å². The smallest absolute Gasteiger partial charge is 0.422 e. The fourth-order valence-electron chi connectivity index (χ4n) is 4.75. The number of pyridine rings is 1. The van der Waals surface area contributed by atoms with Gasteiger partial charge >= 0.3 is 6.18 Å². The van der Waals surface area contributed by atoms with Crippen molar-refractivity contribution in [2.75, 3.05) is 26.2 Å². The second-order valence-corrected chi connectivity index (χ2v) is 10.6. The van der Waals surface area contributed by atoms with Crippen LogP contribution in [0.3, 0.4) is 0 Å². The first-order valence-electron chi connectivity index (χ1n) is 12.1. The number of hydrogen-bond donors (Lipinski definition) is 1. The van der Waals surface area contributed by atoms with Crippen LogP contribution in [0.1, 0.15) is 53.2 Å². The first-order valence-corrected chi connectivity index (χ1v) is 12.9. The van der Waals surface area contributed by atoms with Crippen LogP contribution in [0.4, 0.5) is 17.6 Å². The highest BCUT2D eigenvalue weighted by molar-refractivity contribution is 7.13. The minimum atomic E-state index is -4.39. The van der Waals surface area contributed by atoms with Gasteiger partial charge in [0.15, 0.2) is 6.61 Å². The third-order valence-electron chi connectivity index (χ3n) is 6.95. The van der Waals surface area contributed by atoms with Crippen molar-refractivity contribution < 1.29 is 27.1 Å². The van der Waals surface area contributed by atoms with Gasteiger partial charge in [0, 0.05) is 50.1 Å². The molecule has 1 fully saturated rings. The number of alkyl halides is 4. The van der Waals surface area contributed by atoms with E-state index in [0.29, 0.717) is 64.6 Å². The highest BCUT2D eigenvalue weighted by Crippen LogP contribution is 2.36. The fourth-order valence-corrected chi connectivity index (χ4v) is 5.70. The van der Waals surface area contributed by atoms with Crippen molar-refractivity contribution >= 4 is 17.2 Å². The van der Waals surface area contributed by atoms with E-state index >= 15 is 4.39 Å². The van der Waals surface area contributed by atoms with E-state index < -0.39 is 18.5 Å². The van der Waals surface area contributed by atoms with E-state index in [1.807, 2.05) is 0 Å². The van der Waals surface area contributed by atoms with Crippen LogP contribution in [0, 0.1) is 0 Å². The average molecular weight is 531 g/mol. The van der Waals surface area contributed by atoms with Gasteiger partial charge < -0.3 is 19.5 Å². The Hall–Kier alpha value is -2.47. The van der Waals surface area contributed by atoms with Crippen LogP contribution >= 0.6 is 11.3 Å². The lowest BCUT2D eigenvalue weighted by molar-refractivity contribution is -0.153. The lowest BCUT2D eigenvalue weighted by Crippen LogP contribution is -2.44. The number of nitrogens with zero attached hydrogens (tertiary/aromatic N) is 3. The first kappa shape index (κ1) is 26.6. The molecule has 0 atom stereocenters. The molecule has 1 saturated carbocycles. The van der Waals surface area contributed by atoms with Gasteiger partial charge in [-0.1, -0.05) is 17.4 Å². The summed E-state index contributed by atoms with van der Waals surface area (Å²) in [6.45, 7) is 0.602. The number of aromatic nitrogens is 2. The molecule has 0 radical (unpaired) electrons. The summed E-state index contributed by atoms with van der Waals surface area (Å²) in [6.07, 6.45) is -0.983. The van der Waals surface area contributed by atoms with Crippen LogP contribution in [-0.4, -0.2) is 64.5 Å². The van der Waals surface area contributed by atoms with E-state index in [0.717, 1.165) is 21.9 Å². The largest absolute Gasteiger partial charge is 0.460 e. The first-order chi connectivity index (χ1) is 17.0. The molecule has 1 N–H and O–H groups in total. The molecule has 0 saturated heterocycles. The third kappa shape index (κ3) is 6.84. The average Bonchev–Trinajstić information content (AvgIpc) is 3.12. The summed E-state index contributed by atoms with van der Waals surface area (Å²) in [5.41, 5.74) is -0.511. The molecule has 198 valence electrons. The molecule has 1 amide bonds. The van der Waals surface area contributed by atoms with E-state index in [1.54, 1.807) is 19.2 Å². The Balaban J connectivity index is 1.21. The fraction of sp³-hybridized carbons (Fsp3) is 0.625. The number of carbonyl (C=O) groups excluding carboxylic acids is 1. The van der Waals surface area contributed by atoms with Crippen LogP contribution < -0.4 is 15.6 Å². The summed E-state index contributed by atoms with van der Waals surface area (Å²) in [4.78, 5) is 31.6. The minimum Gasteiger partial charge on any atom is -0.460 e. The van der Waals surface area contributed by atoms with E-state index in [2.05, 4.69) is 15.2 Å². The topological polar surface area (TPSA) is 76.5 Å². The summed E-state index contributed by atoms with van der Waals surface area (Å²) in [5.74, 6) is -0.329. The SMILES string of the molecule is Cn1c(C(=O)NC2CCC(F)(CCN3CCc4nc(OCC(F)(F)F)sc4CC3)CC2)cccc1=O. The maximum atomic E-state index is 15.5. The lowest BCUT2D eigenvalue weighted by atomic mass is 9.81. The molecule has 12 heteroatoms. The number of ether oxygens (including phenoxy) is 1. The van der Waals surface area contributed by atoms with Crippen LogP contribution in [-0.2, 0) is 19.9 Å². The third-order valence-corrected chi connectivity index (χ3v) is 8.02. The molecule has 2 aromatic rings. The molecule has 0 unspecified atom stereocenters. The Labute approximate surface area is 210 Å². The number of amides is 1. The zero-order chi connectivity index (χ0) is 25.9. The number of hydrogen-bond acceptors (Lipinski definition) is 6. The molecule has 1 aliphatic carbocycles. The van der Waals surface area contributed by atoms with Gasteiger partial charge in [0.1, 0.15) is 11.4 Å². The van der Waals surface area contributed by atoms with Crippen molar-refractivity contribution in [2.45, 2.75) is 62.8 Å². The Morgan fingerprint density at radius 3 is 2.69 bits per heavy atom. The van der Waals surface area contributed by atoms with E-state index in [1.165, 1.54) is 10.6 Å². The number of thiazole rings is 1. The van der Waals surface area contributed by atoms with Crippen molar-refractivity contribution in [1.29, 1.82) is 0 Å². The summed E-state index contributed by atoms with van der Waals surface area (Å²) >= 11 is 1.15. The van der Waals surface area contributed by atoms with Crippen molar-refractivity contribution in [3.8, 4) is 5.19 Å². The van der Waals surface area contributed by atoms with Gasteiger partial charge in [-0.2, -0.15) is 13.2 Å². The number of halogens is 4. The van der Waals surface area contributed by atoms with Gasteiger partial charge in [-0.15, -0.1) is 0 Å². The molecule has 36 heavy (non-hydrogen) atoms. The second-order valence-electron chi connectivity index (χ2n) is 9.55. The van der Waals surface area contributed by atoms with Crippen LogP contribution in [0.2, 0.25) is 0 Å². The monoisotopic (exact) mass is 530 g/mol. The number of fused-ring (bicyclic) bond motifs is 1. The van der Waals surface area contributed by atoms with Crippen molar-refractivity contribution in [3.05, 3.63) is 44.8 Å². The Morgan fingerprint density at radius 2 is 1.97 bits per heavy atom. The quantitative estimate of drug-likeness (QED) is 0.553. The van der Waals surface area contributed by atoms with E-state index in [-0.39, 0.29) is 28.4 Å². The standard InChI is InChI=1S/C24H30F4N4O3S/c1-31-18(3-2-4-20(31)33)21(34)29-16-5-9-23(25,10-6-16)11-14-32-12-7-17-19(8-13-32)36-22(30-17)35-15-24(26,27)28/h2-4,16H,5-15H2,1H3,(H,29,34). The number of carbonyl (C=O) groups is 1. The lowest BCUT2D eigenvalue weighted by Gasteiger charge is -2.35. The highest BCUT2D eigenvalue weighted by Gasteiger charge is 2.36. The normalized spacial score (nSPS) is 23.1. The number of rotatable bonds is 7. The molecule has 0 bridgehead atoms. The van der Waals surface area contributed by atoms with Gasteiger partial charge in [-0.25, -0.2) is 9.37 Å². The summed E-state index contributed by atoms with van der Waals surface area (Å²) in [5, 5.41) is 2.98. The van der Waals surface area contributed by atoms with E-state index in [4.69, 9.17) is 4.74 Å². The molecule has 0 spiro atoms. The maximum absolute atomic E-state index is 15.5. The molecule has 4 rings (SSSR count). The van der Waals surface area contributed by atoms with Crippen molar-refractivity contribution in [2.24, 2.45) is 7.05 Å². The molecule has 7 nitrogen and oxygen atoms in total.